The zero-order valence-electron chi connectivity index (χ0n) is 14.6. The highest BCUT2D eigenvalue weighted by Gasteiger charge is 2.09. The van der Waals surface area contributed by atoms with Gasteiger partial charge in [-0.25, -0.2) is 4.79 Å². The lowest BCUT2D eigenvalue weighted by Gasteiger charge is -2.10. The lowest BCUT2D eigenvalue weighted by molar-refractivity contribution is 0.118. The lowest BCUT2D eigenvalue weighted by Crippen LogP contribution is -2.26. The van der Waals surface area contributed by atoms with Crippen molar-refractivity contribution in [2.24, 2.45) is 5.16 Å². The van der Waals surface area contributed by atoms with Crippen molar-refractivity contribution in [1.82, 2.24) is 5.48 Å². The third-order valence-electron chi connectivity index (χ3n) is 3.39. The van der Waals surface area contributed by atoms with Gasteiger partial charge in [0.1, 0.15) is 6.61 Å². The third-order valence-corrected chi connectivity index (χ3v) is 4.54. The quantitative estimate of drug-likeness (QED) is 0.420. The lowest BCUT2D eigenvalue weighted by atomic mass is 10.1. The molecule has 0 saturated carbocycles. The number of carbonyl (C=O) groups excluding carboxylic acids is 1. The third kappa shape index (κ3) is 5.57. The molecule has 2 aromatic carbocycles. The van der Waals surface area contributed by atoms with Gasteiger partial charge >= 0.3 is 6.09 Å². The Balaban J connectivity index is 2.05. The molecule has 8 heteroatoms. The van der Waals surface area contributed by atoms with E-state index in [1.54, 1.807) is 36.9 Å². The number of benzene rings is 2. The van der Waals surface area contributed by atoms with Gasteiger partial charge < -0.3 is 14.4 Å². The van der Waals surface area contributed by atoms with Crippen molar-refractivity contribution >= 4 is 35.2 Å². The molecule has 2 rings (SSSR count). The number of hydrogen-bond acceptors (Lipinski definition) is 6. The molecule has 0 fully saturated rings. The van der Waals surface area contributed by atoms with E-state index in [2.05, 4.69) is 15.4 Å². The van der Waals surface area contributed by atoms with Crippen molar-refractivity contribution in [2.45, 2.75) is 18.4 Å². The molecule has 0 spiro atoms. The van der Waals surface area contributed by atoms with Gasteiger partial charge in [-0.2, -0.15) is 5.48 Å². The summed E-state index contributed by atoms with van der Waals surface area (Å²) < 4.78 is 4.44. The molecule has 0 radical (unpaired) electrons. The first-order chi connectivity index (χ1) is 12.5. The van der Waals surface area contributed by atoms with Crippen LogP contribution in [0.5, 0.6) is 5.75 Å². The summed E-state index contributed by atoms with van der Waals surface area (Å²) in [7, 11) is 1.24. The molecular weight excluding hydrogens is 376 g/mol. The number of hydroxylamine groups is 1. The number of ether oxygens (including phenoxy) is 1. The molecule has 138 valence electrons. The van der Waals surface area contributed by atoms with Crippen molar-refractivity contribution in [3.05, 3.63) is 58.6 Å². The van der Waals surface area contributed by atoms with Crippen LogP contribution in [0.3, 0.4) is 0 Å². The summed E-state index contributed by atoms with van der Waals surface area (Å²) in [5.74, 6) is 0.275. The van der Waals surface area contributed by atoms with Crippen LogP contribution in [-0.2, 0) is 16.2 Å². The Morgan fingerprint density at radius 2 is 2.04 bits per heavy atom. The summed E-state index contributed by atoms with van der Waals surface area (Å²) in [6, 6.07) is 13.1. The van der Waals surface area contributed by atoms with E-state index in [0.29, 0.717) is 17.3 Å². The second-order valence-corrected chi connectivity index (χ2v) is 6.36. The van der Waals surface area contributed by atoms with Crippen molar-refractivity contribution in [3.63, 3.8) is 0 Å². The summed E-state index contributed by atoms with van der Waals surface area (Å²) in [5, 5.41) is 4.48. The highest BCUT2D eigenvalue weighted by molar-refractivity contribution is 7.98. The van der Waals surface area contributed by atoms with Crippen LogP contribution < -0.4 is 10.3 Å². The van der Waals surface area contributed by atoms with Crippen molar-refractivity contribution in [2.75, 3.05) is 13.4 Å². The standard InChI is InChI=1S/C18H19ClN2O4S/c1-12(20-24-11-14-6-4-5-7-17(14)26-3)13-8-9-15(19)16(10-13)25-21-18(22)23-2/h4-10H,11H2,1-3H3,(H,21,22)/b20-12+. The van der Waals surface area contributed by atoms with E-state index in [1.807, 2.05) is 30.5 Å². The first-order valence-electron chi connectivity index (χ1n) is 7.64. The molecule has 0 bridgehead atoms. The van der Waals surface area contributed by atoms with Crippen molar-refractivity contribution in [3.8, 4) is 5.75 Å². The maximum atomic E-state index is 11.1. The normalized spacial score (nSPS) is 11.0. The summed E-state index contributed by atoms with van der Waals surface area (Å²) in [6.45, 7) is 2.18. The summed E-state index contributed by atoms with van der Waals surface area (Å²) in [5.41, 5.74) is 4.57. The maximum absolute atomic E-state index is 11.1. The summed E-state index contributed by atoms with van der Waals surface area (Å²) in [4.78, 5) is 22.9. The van der Waals surface area contributed by atoms with Gasteiger partial charge in [-0.15, -0.1) is 11.8 Å². The smallest absolute Gasteiger partial charge is 0.440 e. The molecule has 1 N–H and O–H groups in total. The molecule has 6 nitrogen and oxygen atoms in total. The van der Waals surface area contributed by atoms with Crippen LogP contribution in [0.4, 0.5) is 4.79 Å². The van der Waals surface area contributed by atoms with Crippen LogP contribution in [0.15, 0.2) is 52.5 Å². The Hall–Kier alpha value is -2.38. The van der Waals surface area contributed by atoms with E-state index in [4.69, 9.17) is 21.3 Å². The van der Waals surface area contributed by atoms with E-state index in [9.17, 15) is 4.79 Å². The predicted octanol–water partition coefficient (Wildman–Crippen LogP) is 4.65. The molecule has 0 atom stereocenters. The van der Waals surface area contributed by atoms with E-state index in [0.717, 1.165) is 16.0 Å². The number of oxime groups is 1. The SMILES string of the molecule is COC(=O)NOc1cc(/C(C)=N/OCc2ccccc2SC)ccc1Cl. The molecule has 0 saturated heterocycles. The van der Waals surface area contributed by atoms with Crippen LogP contribution >= 0.6 is 23.4 Å². The molecular formula is C18H19ClN2O4S. The molecule has 0 aliphatic carbocycles. The Kier molecular flexibility index (Phi) is 7.62. The Labute approximate surface area is 161 Å². The molecule has 1 amide bonds. The second kappa shape index (κ2) is 9.94. The number of nitrogens with one attached hydrogen (secondary N) is 1. The fraction of sp³-hybridized carbons (Fsp3) is 0.222. The van der Waals surface area contributed by atoms with Gasteiger partial charge in [0.05, 0.1) is 17.8 Å². The molecule has 0 unspecified atom stereocenters. The van der Waals surface area contributed by atoms with Gasteiger partial charge in [0.25, 0.3) is 0 Å². The largest absolute Gasteiger partial charge is 0.451 e. The first kappa shape index (κ1) is 19.9. The van der Waals surface area contributed by atoms with Crippen LogP contribution in [-0.4, -0.2) is 25.2 Å². The minimum absolute atomic E-state index is 0.275. The van der Waals surface area contributed by atoms with Crippen LogP contribution in [0.2, 0.25) is 5.02 Å². The minimum Gasteiger partial charge on any atom is -0.451 e. The van der Waals surface area contributed by atoms with Gasteiger partial charge in [-0.1, -0.05) is 41.0 Å². The zero-order chi connectivity index (χ0) is 18.9. The number of amides is 1. The van der Waals surface area contributed by atoms with Gasteiger partial charge in [0, 0.05) is 16.0 Å². The number of nitrogens with zero attached hydrogens (tertiary/aromatic N) is 1. The van der Waals surface area contributed by atoms with Crippen LogP contribution in [0.25, 0.3) is 0 Å². The van der Waals surface area contributed by atoms with E-state index < -0.39 is 6.09 Å². The second-order valence-electron chi connectivity index (χ2n) is 5.10. The summed E-state index contributed by atoms with van der Waals surface area (Å²) >= 11 is 7.71. The molecule has 0 heterocycles. The zero-order valence-corrected chi connectivity index (χ0v) is 16.2. The van der Waals surface area contributed by atoms with E-state index in [1.165, 1.54) is 7.11 Å². The Bertz CT molecular complexity index is 799. The van der Waals surface area contributed by atoms with Gasteiger partial charge in [0.2, 0.25) is 0 Å². The van der Waals surface area contributed by atoms with Gasteiger partial charge in [-0.3, -0.25) is 0 Å². The Morgan fingerprint density at radius 1 is 1.27 bits per heavy atom. The number of rotatable bonds is 7. The van der Waals surface area contributed by atoms with Crippen LogP contribution in [0.1, 0.15) is 18.1 Å². The number of halogens is 1. The topological polar surface area (TPSA) is 69.2 Å². The Morgan fingerprint density at radius 3 is 2.77 bits per heavy atom. The van der Waals surface area contributed by atoms with Gasteiger partial charge in [0.15, 0.2) is 5.75 Å². The summed E-state index contributed by atoms with van der Waals surface area (Å²) in [6.07, 6.45) is 1.29. The van der Waals surface area contributed by atoms with Crippen LogP contribution in [0, 0.1) is 0 Å². The monoisotopic (exact) mass is 394 g/mol. The number of carbonyl (C=O) groups is 1. The maximum Gasteiger partial charge on any atom is 0.440 e. The average Bonchev–Trinajstić information content (AvgIpc) is 2.67. The molecule has 0 aromatic heterocycles. The molecule has 0 aliphatic heterocycles. The average molecular weight is 395 g/mol. The van der Waals surface area contributed by atoms with Crippen molar-refractivity contribution in [1.29, 1.82) is 0 Å². The highest BCUT2D eigenvalue weighted by Crippen LogP contribution is 2.25. The number of methoxy groups -OCH3 is 1. The molecule has 2 aromatic rings. The highest BCUT2D eigenvalue weighted by atomic mass is 35.5. The minimum atomic E-state index is -0.729. The van der Waals surface area contributed by atoms with Crippen molar-refractivity contribution < 1.29 is 19.2 Å². The van der Waals surface area contributed by atoms with Gasteiger partial charge in [-0.05, 0) is 31.4 Å². The van der Waals surface area contributed by atoms with E-state index >= 15 is 0 Å². The predicted molar refractivity (Wildman–Crippen MR) is 103 cm³/mol. The molecule has 0 aliphatic rings. The fourth-order valence-electron chi connectivity index (χ4n) is 2.02. The first-order valence-corrected chi connectivity index (χ1v) is 9.24. The number of hydrogen-bond donors (Lipinski definition) is 1. The van der Waals surface area contributed by atoms with E-state index in [-0.39, 0.29) is 5.75 Å². The number of thioether (sulfide) groups is 1. The molecule has 26 heavy (non-hydrogen) atoms. The fourth-order valence-corrected chi connectivity index (χ4v) is 2.78.